The van der Waals surface area contributed by atoms with Crippen molar-refractivity contribution < 1.29 is 9.15 Å². The fourth-order valence-corrected chi connectivity index (χ4v) is 3.23. The Morgan fingerprint density at radius 3 is 2.96 bits per heavy atom. The highest BCUT2D eigenvalue weighted by Crippen LogP contribution is 2.36. The first-order valence-corrected chi connectivity index (χ1v) is 9.44. The van der Waals surface area contributed by atoms with Gasteiger partial charge in [0.1, 0.15) is 11.5 Å². The van der Waals surface area contributed by atoms with E-state index in [0.29, 0.717) is 16.7 Å². The number of nitrogens with one attached hydrogen (secondary N) is 1. The smallest absolute Gasteiger partial charge is 0.262 e. The maximum Gasteiger partial charge on any atom is 0.262 e. The van der Waals surface area contributed by atoms with E-state index in [9.17, 15) is 0 Å². The second-order valence-electron chi connectivity index (χ2n) is 5.70. The van der Waals surface area contributed by atoms with E-state index in [0.717, 1.165) is 29.2 Å². The third kappa shape index (κ3) is 3.57. The zero-order valence-corrected chi connectivity index (χ0v) is 15.1. The lowest BCUT2D eigenvalue weighted by atomic mass is 10.1. The topological polar surface area (TPSA) is 73.1 Å². The first kappa shape index (κ1) is 16.7. The second kappa shape index (κ2) is 7.61. The van der Waals surface area contributed by atoms with Crippen molar-refractivity contribution in [2.45, 2.75) is 24.7 Å². The molecular formula is C19H18N4O2S. The number of hydrogen-bond acceptors (Lipinski definition) is 7. The minimum Gasteiger partial charge on any atom is -0.465 e. The summed E-state index contributed by atoms with van der Waals surface area (Å²) < 4.78 is 11.3. The summed E-state index contributed by atoms with van der Waals surface area (Å²) in [5, 5.41) is 12.5. The average molecular weight is 366 g/mol. The number of nitrogens with zero attached hydrogens (tertiary/aromatic N) is 3. The van der Waals surface area contributed by atoms with Crippen LogP contribution in [-0.2, 0) is 0 Å². The molecule has 1 atom stereocenters. The van der Waals surface area contributed by atoms with Gasteiger partial charge in [-0.1, -0.05) is 36.9 Å². The van der Waals surface area contributed by atoms with Gasteiger partial charge in [0, 0.05) is 17.0 Å². The molecule has 6 nitrogen and oxygen atoms in total. The van der Waals surface area contributed by atoms with Crippen LogP contribution in [0, 0.1) is 0 Å². The Morgan fingerprint density at radius 1 is 1.19 bits per heavy atom. The third-order valence-electron chi connectivity index (χ3n) is 3.77. The van der Waals surface area contributed by atoms with Gasteiger partial charge in [-0.15, -0.1) is 10.2 Å². The Kier molecular flexibility index (Phi) is 4.88. The van der Waals surface area contributed by atoms with Crippen LogP contribution >= 0.6 is 11.8 Å². The molecule has 1 aromatic carbocycles. The first-order chi connectivity index (χ1) is 12.8. The summed E-state index contributed by atoms with van der Waals surface area (Å²) in [6.45, 7) is 2.13. The van der Waals surface area contributed by atoms with Crippen molar-refractivity contribution in [1.29, 1.82) is 0 Å². The summed E-state index contributed by atoms with van der Waals surface area (Å²) in [6, 6.07) is 11.7. The normalized spacial score (nSPS) is 15.7. The highest BCUT2D eigenvalue weighted by Gasteiger charge is 2.23. The van der Waals surface area contributed by atoms with E-state index in [2.05, 4.69) is 27.4 Å². The summed E-state index contributed by atoms with van der Waals surface area (Å²) in [5.41, 5.74) is 2.59. The van der Waals surface area contributed by atoms with Gasteiger partial charge in [0.25, 0.3) is 5.88 Å². The molecule has 0 saturated carbocycles. The Morgan fingerprint density at radius 2 is 2.12 bits per heavy atom. The van der Waals surface area contributed by atoms with E-state index in [1.165, 1.54) is 0 Å². The fourth-order valence-electron chi connectivity index (χ4n) is 2.58. The van der Waals surface area contributed by atoms with Gasteiger partial charge in [0.05, 0.1) is 6.26 Å². The molecule has 3 aromatic rings. The molecule has 132 valence electrons. The van der Waals surface area contributed by atoms with E-state index < -0.39 is 6.23 Å². The number of rotatable bonds is 5. The van der Waals surface area contributed by atoms with Gasteiger partial charge in [0.15, 0.2) is 6.23 Å². The third-order valence-corrected chi connectivity index (χ3v) is 4.81. The second-order valence-corrected chi connectivity index (χ2v) is 6.76. The summed E-state index contributed by atoms with van der Waals surface area (Å²) in [6.07, 6.45) is 6.02. The number of furan rings is 1. The Bertz CT molecular complexity index is 912. The maximum absolute atomic E-state index is 6.01. The van der Waals surface area contributed by atoms with Gasteiger partial charge in [0.2, 0.25) is 5.16 Å². The summed E-state index contributed by atoms with van der Waals surface area (Å²) in [7, 11) is 0. The molecular weight excluding hydrogens is 348 g/mol. The van der Waals surface area contributed by atoms with Crippen LogP contribution in [0.15, 0.2) is 58.3 Å². The summed E-state index contributed by atoms with van der Waals surface area (Å²) in [5.74, 6) is 2.12. The van der Waals surface area contributed by atoms with Gasteiger partial charge in [-0.25, -0.2) is 4.98 Å². The average Bonchev–Trinajstić information content (AvgIpc) is 3.14. The number of aromatic nitrogens is 3. The maximum atomic E-state index is 6.01. The van der Waals surface area contributed by atoms with Gasteiger partial charge in [-0.2, -0.15) is 0 Å². The minimum absolute atomic E-state index is 0.409. The van der Waals surface area contributed by atoms with Crippen LogP contribution in [0.4, 0.5) is 5.69 Å². The van der Waals surface area contributed by atoms with Crippen LogP contribution in [0.25, 0.3) is 17.3 Å². The molecule has 0 saturated heterocycles. The number of hydrogen-bond donors (Lipinski definition) is 1. The molecule has 0 fully saturated rings. The molecule has 0 radical (unpaired) electrons. The molecule has 0 aliphatic carbocycles. The molecule has 3 heterocycles. The van der Waals surface area contributed by atoms with Crippen LogP contribution in [0.2, 0.25) is 0 Å². The predicted molar refractivity (Wildman–Crippen MR) is 102 cm³/mol. The van der Waals surface area contributed by atoms with Crippen LogP contribution in [0.5, 0.6) is 5.88 Å². The molecule has 1 unspecified atom stereocenters. The molecule has 2 aromatic heterocycles. The lowest BCUT2D eigenvalue weighted by Gasteiger charge is -2.14. The molecule has 1 N–H and O–H groups in total. The van der Waals surface area contributed by atoms with Crippen molar-refractivity contribution >= 4 is 23.5 Å². The molecule has 4 rings (SSSR count). The lowest BCUT2D eigenvalue weighted by molar-refractivity contribution is 0.265. The zero-order valence-electron chi connectivity index (χ0n) is 14.3. The van der Waals surface area contributed by atoms with E-state index in [1.807, 2.05) is 48.6 Å². The van der Waals surface area contributed by atoms with Crippen molar-refractivity contribution in [2.75, 3.05) is 11.1 Å². The van der Waals surface area contributed by atoms with E-state index in [4.69, 9.17) is 9.15 Å². The van der Waals surface area contributed by atoms with Crippen molar-refractivity contribution in [2.24, 2.45) is 0 Å². The van der Waals surface area contributed by atoms with Gasteiger partial charge >= 0.3 is 0 Å². The van der Waals surface area contributed by atoms with Crippen molar-refractivity contribution in [1.82, 2.24) is 15.2 Å². The molecule has 0 bridgehead atoms. The quantitative estimate of drug-likeness (QED) is 0.668. The van der Waals surface area contributed by atoms with Crippen molar-refractivity contribution in [3.8, 4) is 17.1 Å². The first-order valence-electron chi connectivity index (χ1n) is 8.45. The van der Waals surface area contributed by atoms with E-state index in [1.54, 1.807) is 18.0 Å². The largest absolute Gasteiger partial charge is 0.465 e. The molecule has 7 heteroatoms. The SMILES string of the molecule is CCCSc1nnc2c(n1)-c1ccccc1NC(C=Cc1ccco1)O2. The molecule has 0 amide bonds. The zero-order chi connectivity index (χ0) is 17.8. The highest BCUT2D eigenvalue weighted by atomic mass is 32.2. The Balaban J connectivity index is 1.69. The Hall–Kier alpha value is -2.80. The fraction of sp³-hybridized carbons (Fsp3) is 0.211. The number of benzene rings is 1. The van der Waals surface area contributed by atoms with Crippen LogP contribution < -0.4 is 10.1 Å². The van der Waals surface area contributed by atoms with E-state index in [-0.39, 0.29) is 0 Å². The predicted octanol–water partition coefficient (Wildman–Crippen LogP) is 4.48. The Labute approximate surface area is 155 Å². The van der Waals surface area contributed by atoms with Gasteiger partial charge < -0.3 is 14.5 Å². The van der Waals surface area contributed by atoms with Gasteiger partial charge in [-0.3, -0.25) is 0 Å². The monoisotopic (exact) mass is 366 g/mol. The molecule has 1 aliphatic rings. The lowest BCUT2D eigenvalue weighted by Crippen LogP contribution is -2.23. The van der Waals surface area contributed by atoms with E-state index >= 15 is 0 Å². The number of fused-ring (bicyclic) bond motifs is 3. The van der Waals surface area contributed by atoms with Crippen LogP contribution in [0.3, 0.4) is 0 Å². The number of para-hydroxylation sites is 1. The minimum atomic E-state index is -0.409. The number of ether oxygens (including phenoxy) is 1. The van der Waals surface area contributed by atoms with Crippen LogP contribution in [0.1, 0.15) is 19.1 Å². The van der Waals surface area contributed by atoms with Crippen LogP contribution in [-0.4, -0.2) is 27.2 Å². The van der Waals surface area contributed by atoms with Crippen molar-refractivity contribution in [3.63, 3.8) is 0 Å². The number of thioether (sulfide) groups is 1. The number of anilines is 1. The van der Waals surface area contributed by atoms with Gasteiger partial charge in [-0.05, 0) is 36.8 Å². The summed E-state index contributed by atoms with van der Waals surface area (Å²) in [4.78, 5) is 4.68. The molecule has 0 spiro atoms. The van der Waals surface area contributed by atoms with Crippen molar-refractivity contribution in [3.05, 3.63) is 54.5 Å². The highest BCUT2D eigenvalue weighted by molar-refractivity contribution is 7.99. The standard InChI is InChI=1S/C19H18N4O2S/c1-2-12-26-19-21-17-14-7-3-4-8-15(14)20-16(25-18(17)22-23-19)10-9-13-6-5-11-24-13/h3-11,16,20H,2,12H2,1H3. The molecule has 26 heavy (non-hydrogen) atoms. The molecule has 1 aliphatic heterocycles. The summed E-state index contributed by atoms with van der Waals surface area (Å²) >= 11 is 1.60.